The van der Waals surface area contributed by atoms with Crippen LogP contribution < -0.4 is 5.32 Å². The van der Waals surface area contributed by atoms with Crippen molar-refractivity contribution in [3.05, 3.63) is 60.2 Å². The fourth-order valence-corrected chi connectivity index (χ4v) is 7.01. The van der Waals surface area contributed by atoms with E-state index in [2.05, 4.69) is 59.9 Å². The molecule has 23 heavy (non-hydrogen) atoms. The van der Waals surface area contributed by atoms with Gasteiger partial charge in [0.15, 0.2) is 0 Å². The zero-order chi connectivity index (χ0) is 15.1. The molecule has 4 saturated carbocycles. The van der Waals surface area contributed by atoms with Gasteiger partial charge in [0.25, 0.3) is 0 Å². The number of fused-ring (bicyclic) bond motifs is 1. The van der Waals surface area contributed by atoms with E-state index in [9.17, 15) is 0 Å². The summed E-state index contributed by atoms with van der Waals surface area (Å²) in [6.07, 6.45) is 7.56. The number of anilines is 2. The minimum absolute atomic E-state index is 0.534. The summed E-state index contributed by atoms with van der Waals surface area (Å²) < 4.78 is 0. The molecule has 1 spiro atoms. The van der Waals surface area contributed by atoms with Gasteiger partial charge in [-0.2, -0.15) is 0 Å². The monoisotopic (exact) mass is 301 g/mol. The van der Waals surface area contributed by atoms with Crippen LogP contribution in [0.2, 0.25) is 0 Å². The van der Waals surface area contributed by atoms with Gasteiger partial charge in [-0.25, -0.2) is 0 Å². The van der Waals surface area contributed by atoms with Crippen LogP contribution in [-0.2, 0) is 5.41 Å². The molecular formula is C22H23N. The second-order valence-electron chi connectivity index (χ2n) is 8.61. The predicted octanol–water partition coefficient (Wildman–Crippen LogP) is 5.51. The predicted molar refractivity (Wildman–Crippen MR) is 93.8 cm³/mol. The molecule has 1 N–H and O–H groups in total. The van der Waals surface area contributed by atoms with Gasteiger partial charge < -0.3 is 5.32 Å². The van der Waals surface area contributed by atoms with E-state index in [0.717, 1.165) is 28.9 Å². The maximum absolute atomic E-state index is 3.51. The van der Waals surface area contributed by atoms with E-state index in [1.165, 1.54) is 24.9 Å². The van der Waals surface area contributed by atoms with Crippen molar-refractivity contribution in [2.45, 2.75) is 37.5 Å². The minimum atomic E-state index is 0.534. The smallest absolute Gasteiger partial charge is 0.0384 e. The van der Waals surface area contributed by atoms with Gasteiger partial charge in [-0.15, -0.1) is 0 Å². The Balaban J connectivity index is 1.29. The van der Waals surface area contributed by atoms with Gasteiger partial charge in [-0.1, -0.05) is 30.3 Å². The second-order valence-corrected chi connectivity index (χ2v) is 8.61. The van der Waals surface area contributed by atoms with E-state index in [4.69, 9.17) is 0 Å². The first-order chi connectivity index (χ1) is 11.3. The van der Waals surface area contributed by atoms with Crippen molar-refractivity contribution in [3.63, 3.8) is 0 Å². The van der Waals surface area contributed by atoms with Crippen molar-refractivity contribution >= 4 is 11.4 Å². The number of nitrogens with one attached hydrogen (secondary N) is 1. The highest BCUT2D eigenvalue weighted by molar-refractivity contribution is 5.60. The summed E-state index contributed by atoms with van der Waals surface area (Å²) in [5.74, 6) is 3.25. The average molecular weight is 301 g/mol. The lowest BCUT2D eigenvalue weighted by Crippen LogP contribution is -2.59. The van der Waals surface area contributed by atoms with Crippen molar-refractivity contribution < 1.29 is 0 Å². The zero-order valence-electron chi connectivity index (χ0n) is 13.5. The number of rotatable bonds is 3. The summed E-state index contributed by atoms with van der Waals surface area (Å²) in [6.45, 7) is 0. The molecule has 0 radical (unpaired) electrons. The van der Waals surface area contributed by atoms with Crippen LogP contribution in [0, 0.1) is 23.2 Å². The van der Waals surface area contributed by atoms with Gasteiger partial charge in [-0.3, -0.25) is 0 Å². The van der Waals surface area contributed by atoms with Crippen LogP contribution in [0.4, 0.5) is 11.4 Å². The van der Waals surface area contributed by atoms with Gasteiger partial charge in [0.2, 0.25) is 0 Å². The molecule has 2 unspecified atom stereocenters. The van der Waals surface area contributed by atoms with Crippen molar-refractivity contribution in [2.24, 2.45) is 23.2 Å². The van der Waals surface area contributed by atoms with Crippen molar-refractivity contribution in [3.8, 4) is 0 Å². The summed E-state index contributed by atoms with van der Waals surface area (Å²) in [5, 5.41) is 3.51. The highest BCUT2D eigenvalue weighted by Gasteiger charge is 2.77. The molecule has 4 aliphatic rings. The summed E-state index contributed by atoms with van der Waals surface area (Å²) in [6, 6.07) is 19.8. The maximum atomic E-state index is 3.51. The summed E-state index contributed by atoms with van der Waals surface area (Å²) in [4.78, 5) is 0. The highest BCUT2D eigenvalue weighted by atomic mass is 14.9. The lowest BCUT2D eigenvalue weighted by molar-refractivity contribution is -0.175. The van der Waals surface area contributed by atoms with Gasteiger partial charge in [-0.05, 0) is 90.5 Å². The van der Waals surface area contributed by atoms with Gasteiger partial charge in [0, 0.05) is 11.4 Å². The van der Waals surface area contributed by atoms with Crippen LogP contribution in [0.1, 0.15) is 37.7 Å². The largest absolute Gasteiger partial charge is 0.356 e. The highest BCUT2D eigenvalue weighted by Crippen LogP contribution is 2.84. The van der Waals surface area contributed by atoms with E-state index in [-0.39, 0.29) is 0 Å². The van der Waals surface area contributed by atoms with Crippen LogP contribution in [0.15, 0.2) is 54.6 Å². The molecule has 1 heteroatoms. The average Bonchev–Trinajstić information content (AvgIpc) is 3.04. The maximum Gasteiger partial charge on any atom is 0.0384 e. The third kappa shape index (κ3) is 1.45. The molecule has 2 bridgehead atoms. The van der Waals surface area contributed by atoms with E-state index in [1.807, 2.05) is 0 Å². The first-order valence-corrected chi connectivity index (χ1v) is 9.21. The standard InChI is InChI=1S/C22H23N/c1-2-4-19(5-3-1)23-20-8-6-15(7-9-20)21-12-17-10-16-11-18(13-21)22(16,17)14-21/h1-9,16-18,23H,10-14H2. The van der Waals surface area contributed by atoms with Crippen LogP contribution in [0.5, 0.6) is 0 Å². The van der Waals surface area contributed by atoms with E-state index < -0.39 is 0 Å². The van der Waals surface area contributed by atoms with Crippen LogP contribution >= 0.6 is 0 Å². The Bertz CT molecular complexity index is 744. The molecular weight excluding hydrogens is 278 g/mol. The fourth-order valence-electron chi connectivity index (χ4n) is 7.01. The molecule has 4 fully saturated rings. The third-order valence-electron chi connectivity index (χ3n) is 7.90. The molecule has 0 aliphatic heterocycles. The summed E-state index contributed by atoms with van der Waals surface area (Å²) >= 11 is 0. The van der Waals surface area contributed by atoms with Crippen molar-refractivity contribution in [1.29, 1.82) is 0 Å². The van der Waals surface area contributed by atoms with Crippen LogP contribution in [-0.4, -0.2) is 0 Å². The molecule has 2 aromatic carbocycles. The Morgan fingerprint density at radius 1 is 0.739 bits per heavy atom. The SMILES string of the molecule is c1ccc(Nc2ccc(C34CC5CC6CC(C3)C65C4)cc2)cc1. The Kier molecular flexibility index (Phi) is 2.20. The first-order valence-electron chi connectivity index (χ1n) is 9.21. The van der Waals surface area contributed by atoms with E-state index in [0.29, 0.717) is 5.41 Å². The van der Waals surface area contributed by atoms with Crippen LogP contribution in [0.25, 0.3) is 0 Å². The quantitative estimate of drug-likeness (QED) is 0.788. The lowest BCUT2D eigenvalue weighted by Gasteiger charge is -2.66. The van der Waals surface area contributed by atoms with E-state index >= 15 is 0 Å². The van der Waals surface area contributed by atoms with Crippen LogP contribution in [0.3, 0.4) is 0 Å². The van der Waals surface area contributed by atoms with Gasteiger partial charge in [0.05, 0.1) is 0 Å². The molecule has 0 saturated heterocycles. The lowest BCUT2D eigenvalue weighted by atomic mass is 9.38. The summed E-state index contributed by atoms with van der Waals surface area (Å²) in [7, 11) is 0. The summed E-state index contributed by atoms with van der Waals surface area (Å²) in [5.41, 5.74) is 5.34. The first kappa shape index (κ1) is 12.6. The Morgan fingerprint density at radius 3 is 2.00 bits per heavy atom. The molecule has 2 aromatic rings. The van der Waals surface area contributed by atoms with Crippen molar-refractivity contribution in [1.82, 2.24) is 0 Å². The molecule has 4 aliphatic carbocycles. The molecule has 2 atom stereocenters. The molecule has 0 amide bonds. The molecule has 6 rings (SSSR count). The van der Waals surface area contributed by atoms with Gasteiger partial charge in [0.1, 0.15) is 0 Å². The number of benzene rings is 2. The fraction of sp³-hybridized carbons (Fsp3) is 0.455. The number of hydrogen-bond donors (Lipinski definition) is 1. The molecule has 0 aromatic heterocycles. The van der Waals surface area contributed by atoms with Gasteiger partial charge >= 0.3 is 0 Å². The number of para-hydroxylation sites is 1. The Hall–Kier alpha value is -1.76. The third-order valence-corrected chi connectivity index (χ3v) is 7.90. The topological polar surface area (TPSA) is 12.0 Å². The molecule has 0 heterocycles. The second kappa shape index (κ2) is 4.01. The Labute approximate surface area is 138 Å². The number of hydrogen-bond acceptors (Lipinski definition) is 1. The van der Waals surface area contributed by atoms with Crippen molar-refractivity contribution in [2.75, 3.05) is 5.32 Å². The Morgan fingerprint density at radius 2 is 1.39 bits per heavy atom. The minimum Gasteiger partial charge on any atom is -0.356 e. The zero-order valence-corrected chi connectivity index (χ0v) is 13.5. The van der Waals surface area contributed by atoms with E-state index in [1.54, 1.807) is 18.4 Å². The molecule has 1 nitrogen and oxygen atoms in total. The normalized spacial score (nSPS) is 41.8. The molecule has 116 valence electrons.